The minimum atomic E-state index is -0.590. The standard InChI is InChI=1S/C10H15NO2/c1-11-7-4-8(12)10(9(11)13)5-2-3-6-10/h2-7H2,1H3. The molecule has 2 fully saturated rings. The number of likely N-dealkylation sites (tertiary alicyclic amines) is 1. The van der Waals surface area contributed by atoms with E-state index in [-0.39, 0.29) is 11.7 Å². The Labute approximate surface area is 78.1 Å². The van der Waals surface area contributed by atoms with E-state index in [1.807, 2.05) is 0 Å². The van der Waals surface area contributed by atoms with Gasteiger partial charge in [-0.15, -0.1) is 0 Å². The molecule has 1 saturated carbocycles. The molecule has 1 amide bonds. The number of amides is 1. The molecule has 0 bridgehead atoms. The van der Waals surface area contributed by atoms with Crippen LogP contribution in [0, 0.1) is 5.41 Å². The molecule has 1 heterocycles. The number of hydrogen-bond donors (Lipinski definition) is 0. The quantitative estimate of drug-likeness (QED) is 0.522. The van der Waals surface area contributed by atoms with Gasteiger partial charge in [-0.05, 0) is 12.8 Å². The molecule has 1 spiro atoms. The highest BCUT2D eigenvalue weighted by molar-refractivity contribution is 6.08. The molecule has 0 unspecified atom stereocenters. The average Bonchev–Trinajstić information content (AvgIpc) is 2.59. The minimum Gasteiger partial charge on any atom is -0.344 e. The van der Waals surface area contributed by atoms with Gasteiger partial charge in [0.2, 0.25) is 5.91 Å². The fraction of sp³-hybridized carbons (Fsp3) is 0.800. The second-order valence-electron chi connectivity index (χ2n) is 4.19. The highest BCUT2D eigenvalue weighted by Crippen LogP contribution is 2.43. The summed E-state index contributed by atoms with van der Waals surface area (Å²) < 4.78 is 0. The fourth-order valence-corrected chi connectivity index (χ4v) is 2.57. The van der Waals surface area contributed by atoms with Crippen molar-refractivity contribution in [2.24, 2.45) is 5.41 Å². The molecule has 2 aliphatic rings. The fourth-order valence-electron chi connectivity index (χ4n) is 2.57. The van der Waals surface area contributed by atoms with E-state index in [0.29, 0.717) is 13.0 Å². The summed E-state index contributed by atoms with van der Waals surface area (Å²) in [6.45, 7) is 0.611. The maximum Gasteiger partial charge on any atom is 0.236 e. The van der Waals surface area contributed by atoms with Gasteiger partial charge >= 0.3 is 0 Å². The van der Waals surface area contributed by atoms with Gasteiger partial charge in [0.1, 0.15) is 11.2 Å². The molecule has 0 atom stereocenters. The summed E-state index contributed by atoms with van der Waals surface area (Å²) >= 11 is 0. The molecule has 0 N–H and O–H groups in total. The van der Waals surface area contributed by atoms with E-state index in [1.54, 1.807) is 11.9 Å². The first-order valence-corrected chi connectivity index (χ1v) is 4.96. The SMILES string of the molecule is CN1CCC(=O)C2(CCCC2)C1=O. The van der Waals surface area contributed by atoms with Gasteiger partial charge in [0.15, 0.2) is 0 Å². The normalized spacial score (nSPS) is 27.3. The van der Waals surface area contributed by atoms with Crippen molar-refractivity contribution in [3.63, 3.8) is 0 Å². The van der Waals surface area contributed by atoms with Crippen LogP contribution in [-0.2, 0) is 9.59 Å². The molecule has 2 rings (SSSR count). The first-order valence-electron chi connectivity index (χ1n) is 4.96. The Kier molecular flexibility index (Phi) is 1.90. The molecule has 0 radical (unpaired) electrons. The van der Waals surface area contributed by atoms with Crippen molar-refractivity contribution in [2.75, 3.05) is 13.6 Å². The highest BCUT2D eigenvalue weighted by Gasteiger charge is 2.50. The monoisotopic (exact) mass is 181 g/mol. The van der Waals surface area contributed by atoms with E-state index >= 15 is 0 Å². The third-order valence-electron chi connectivity index (χ3n) is 3.42. The van der Waals surface area contributed by atoms with Crippen LogP contribution in [-0.4, -0.2) is 30.2 Å². The molecule has 13 heavy (non-hydrogen) atoms. The van der Waals surface area contributed by atoms with Crippen molar-refractivity contribution in [3.8, 4) is 0 Å². The average molecular weight is 181 g/mol. The summed E-state index contributed by atoms with van der Waals surface area (Å²) in [6, 6.07) is 0. The second kappa shape index (κ2) is 2.82. The Bertz CT molecular complexity index is 254. The summed E-state index contributed by atoms with van der Waals surface area (Å²) in [5.74, 6) is 0.259. The number of ketones is 1. The summed E-state index contributed by atoms with van der Waals surface area (Å²) in [5.41, 5.74) is -0.590. The molecule has 0 aromatic heterocycles. The zero-order valence-electron chi connectivity index (χ0n) is 8.01. The van der Waals surface area contributed by atoms with Gasteiger partial charge in [-0.3, -0.25) is 9.59 Å². The van der Waals surface area contributed by atoms with E-state index in [0.717, 1.165) is 25.7 Å². The number of rotatable bonds is 0. The molecule has 1 aliphatic heterocycles. The molecule has 0 aromatic carbocycles. The Morgan fingerprint density at radius 2 is 1.85 bits per heavy atom. The van der Waals surface area contributed by atoms with Crippen LogP contribution in [0.25, 0.3) is 0 Å². The predicted octanol–water partition coefficient (Wildman–Crippen LogP) is 0.978. The largest absolute Gasteiger partial charge is 0.344 e. The lowest BCUT2D eigenvalue weighted by Gasteiger charge is -2.35. The van der Waals surface area contributed by atoms with Crippen molar-refractivity contribution in [1.82, 2.24) is 4.90 Å². The Hall–Kier alpha value is -0.860. The first-order chi connectivity index (χ1) is 6.17. The van der Waals surface area contributed by atoms with Gasteiger partial charge in [-0.2, -0.15) is 0 Å². The number of piperidine rings is 1. The van der Waals surface area contributed by atoms with Crippen molar-refractivity contribution in [2.45, 2.75) is 32.1 Å². The Morgan fingerprint density at radius 3 is 2.46 bits per heavy atom. The maximum absolute atomic E-state index is 11.9. The van der Waals surface area contributed by atoms with E-state index in [9.17, 15) is 9.59 Å². The van der Waals surface area contributed by atoms with Crippen molar-refractivity contribution >= 4 is 11.7 Å². The molecular formula is C10H15NO2. The molecular weight excluding hydrogens is 166 g/mol. The van der Waals surface area contributed by atoms with Crippen LogP contribution in [0.15, 0.2) is 0 Å². The number of carbonyl (C=O) groups excluding carboxylic acids is 2. The third-order valence-corrected chi connectivity index (χ3v) is 3.42. The zero-order chi connectivity index (χ0) is 9.47. The molecule has 1 aliphatic carbocycles. The van der Waals surface area contributed by atoms with Crippen LogP contribution in [0.4, 0.5) is 0 Å². The number of Topliss-reactive ketones (excluding diaryl/α,β-unsaturated/α-hetero) is 1. The van der Waals surface area contributed by atoms with Crippen LogP contribution in [0.1, 0.15) is 32.1 Å². The van der Waals surface area contributed by atoms with Gasteiger partial charge in [0.25, 0.3) is 0 Å². The van der Waals surface area contributed by atoms with E-state index in [1.165, 1.54) is 0 Å². The van der Waals surface area contributed by atoms with Gasteiger partial charge in [-0.1, -0.05) is 12.8 Å². The van der Waals surface area contributed by atoms with Crippen LogP contribution in [0.2, 0.25) is 0 Å². The lowest BCUT2D eigenvalue weighted by atomic mass is 9.76. The molecule has 1 saturated heterocycles. The van der Waals surface area contributed by atoms with Gasteiger partial charge in [-0.25, -0.2) is 0 Å². The van der Waals surface area contributed by atoms with Crippen molar-refractivity contribution in [3.05, 3.63) is 0 Å². The predicted molar refractivity (Wildman–Crippen MR) is 48.2 cm³/mol. The molecule has 0 aromatic rings. The van der Waals surface area contributed by atoms with E-state index < -0.39 is 5.41 Å². The van der Waals surface area contributed by atoms with E-state index in [4.69, 9.17) is 0 Å². The third kappa shape index (κ3) is 1.10. The van der Waals surface area contributed by atoms with Crippen LogP contribution in [0.3, 0.4) is 0 Å². The smallest absolute Gasteiger partial charge is 0.236 e. The number of hydrogen-bond acceptors (Lipinski definition) is 2. The Balaban J connectivity index is 2.31. The van der Waals surface area contributed by atoms with Crippen LogP contribution >= 0.6 is 0 Å². The zero-order valence-corrected chi connectivity index (χ0v) is 8.01. The second-order valence-corrected chi connectivity index (χ2v) is 4.19. The van der Waals surface area contributed by atoms with Gasteiger partial charge in [0, 0.05) is 20.0 Å². The van der Waals surface area contributed by atoms with Crippen molar-refractivity contribution in [1.29, 1.82) is 0 Å². The summed E-state index contributed by atoms with van der Waals surface area (Å²) in [5, 5.41) is 0. The van der Waals surface area contributed by atoms with Crippen LogP contribution < -0.4 is 0 Å². The van der Waals surface area contributed by atoms with Crippen LogP contribution in [0.5, 0.6) is 0 Å². The number of carbonyl (C=O) groups is 2. The maximum atomic E-state index is 11.9. The Morgan fingerprint density at radius 1 is 1.23 bits per heavy atom. The highest BCUT2D eigenvalue weighted by atomic mass is 16.2. The lowest BCUT2D eigenvalue weighted by molar-refractivity contribution is -0.153. The minimum absolute atomic E-state index is 0.0706. The van der Waals surface area contributed by atoms with E-state index in [2.05, 4.69) is 0 Å². The number of nitrogens with zero attached hydrogens (tertiary/aromatic N) is 1. The summed E-state index contributed by atoms with van der Waals surface area (Å²) in [6.07, 6.45) is 4.20. The first kappa shape index (κ1) is 8.73. The van der Waals surface area contributed by atoms with Crippen molar-refractivity contribution < 1.29 is 9.59 Å². The van der Waals surface area contributed by atoms with Gasteiger partial charge < -0.3 is 4.90 Å². The van der Waals surface area contributed by atoms with Gasteiger partial charge in [0.05, 0.1) is 0 Å². The molecule has 3 nitrogen and oxygen atoms in total. The lowest BCUT2D eigenvalue weighted by Crippen LogP contribution is -2.51. The molecule has 3 heteroatoms. The topological polar surface area (TPSA) is 37.4 Å². The summed E-state index contributed by atoms with van der Waals surface area (Å²) in [4.78, 5) is 25.3. The summed E-state index contributed by atoms with van der Waals surface area (Å²) in [7, 11) is 1.80. The molecule has 72 valence electrons.